The maximum atomic E-state index is 6.24. The second-order valence-electron chi connectivity index (χ2n) is 10.1. The molecule has 3 heteroatoms. The zero-order valence-corrected chi connectivity index (χ0v) is 22.4. The average molecular weight is 460 g/mol. The molecule has 0 amide bonds. The highest BCUT2D eigenvalue weighted by molar-refractivity contribution is 5.74. The molecule has 2 unspecified atom stereocenters. The number of benzene rings is 2. The standard InChI is InChI=1S/C29H35NO2.C2H6/c1-17(2)28-20(5)29(7,8)23-15-19(4)26(16-22(23)28)32-27-14-13-25(31-27)21(6)30-24-12-10-9-11-18(24)3;1-2/h9-17,20,28,30H,6H2,1-5,7-8H3;1-2H3. The summed E-state index contributed by atoms with van der Waals surface area (Å²) in [7, 11) is 0. The van der Waals surface area contributed by atoms with Gasteiger partial charge in [0.15, 0.2) is 5.76 Å². The van der Waals surface area contributed by atoms with Crippen molar-refractivity contribution < 1.29 is 9.15 Å². The molecule has 3 aromatic rings. The molecule has 182 valence electrons. The predicted molar refractivity (Wildman–Crippen MR) is 145 cm³/mol. The highest BCUT2D eigenvalue weighted by atomic mass is 16.6. The van der Waals surface area contributed by atoms with Crippen molar-refractivity contribution in [3.8, 4) is 11.7 Å². The van der Waals surface area contributed by atoms with E-state index < -0.39 is 0 Å². The molecule has 0 aliphatic heterocycles. The Kier molecular flexibility index (Phi) is 7.65. The van der Waals surface area contributed by atoms with Gasteiger partial charge in [-0.15, -0.1) is 0 Å². The Morgan fingerprint density at radius 2 is 1.71 bits per heavy atom. The molecule has 34 heavy (non-hydrogen) atoms. The van der Waals surface area contributed by atoms with E-state index >= 15 is 0 Å². The van der Waals surface area contributed by atoms with E-state index in [1.165, 1.54) is 11.1 Å². The summed E-state index contributed by atoms with van der Waals surface area (Å²) < 4.78 is 12.2. The molecule has 4 rings (SSSR count). The van der Waals surface area contributed by atoms with Gasteiger partial charge in [-0.25, -0.2) is 0 Å². The third-order valence-corrected chi connectivity index (χ3v) is 7.32. The van der Waals surface area contributed by atoms with E-state index in [4.69, 9.17) is 9.15 Å². The lowest BCUT2D eigenvalue weighted by atomic mass is 9.74. The molecular weight excluding hydrogens is 418 g/mol. The van der Waals surface area contributed by atoms with Crippen LogP contribution < -0.4 is 10.1 Å². The first kappa shape index (κ1) is 25.7. The van der Waals surface area contributed by atoms with Crippen LogP contribution in [0.3, 0.4) is 0 Å². The van der Waals surface area contributed by atoms with Gasteiger partial charge < -0.3 is 14.5 Å². The highest BCUT2D eigenvalue weighted by Crippen LogP contribution is 2.54. The molecule has 1 heterocycles. The Morgan fingerprint density at radius 1 is 1.03 bits per heavy atom. The van der Waals surface area contributed by atoms with Gasteiger partial charge in [-0.2, -0.15) is 0 Å². The normalized spacial score (nSPS) is 18.2. The molecule has 0 bridgehead atoms. The zero-order chi connectivity index (χ0) is 25.2. The first-order chi connectivity index (χ1) is 16.1. The monoisotopic (exact) mass is 459 g/mol. The quantitative estimate of drug-likeness (QED) is 0.398. The predicted octanol–water partition coefficient (Wildman–Crippen LogP) is 9.46. The molecule has 2 atom stereocenters. The largest absolute Gasteiger partial charge is 0.426 e. The van der Waals surface area contributed by atoms with Gasteiger partial charge in [0.05, 0.1) is 5.70 Å². The molecule has 0 fully saturated rings. The summed E-state index contributed by atoms with van der Waals surface area (Å²) in [6, 6.07) is 16.4. The van der Waals surface area contributed by atoms with Crippen molar-refractivity contribution in [3.63, 3.8) is 0 Å². The second kappa shape index (κ2) is 10.1. The molecule has 3 nitrogen and oxygen atoms in total. The van der Waals surface area contributed by atoms with Crippen molar-refractivity contribution in [2.75, 3.05) is 5.32 Å². The summed E-state index contributed by atoms with van der Waals surface area (Å²) in [6.45, 7) is 24.1. The summed E-state index contributed by atoms with van der Waals surface area (Å²) in [4.78, 5) is 0. The summed E-state index contributed by atoms with van der Waals surface area (Å²) in [5.74, 6) is 3.68. The molecule has 1 aromatic heterocycles. The Bertz CT molecular complexity index is 1150. The maximum Gasteiger partial charge on any atom is 0.290 e. The van der Waals surface area contributed by atoms with Gasteiger partial charge in [0, 0.05) is 11.8 Å². The molecule has 2 aromatic carbocycles. The van der Waals surface area contributed by atoms with Crippen LogP contribution in [0.1, 0.15) is 82.4 Å². The van der Waals surface area contributed by atoms with Crippen LogP contribution >= 0.6 is 0 Å². The smallest absolute Gasteiger partial charge is 0.290 e. The summed E-state index contributed by atoms with van der Waals surface area (Å²) in [6.07, 6.45) is 0. The van der Waals surface area contributed by atoms with Crippen molar-refractivity contribution in [2.45, 2.75) is 73.6 Å². The number of anilines is 1. The van der Waals surface area contributed by atoms with E-state index in [-0.39, 0.29) is 5.41 Å². The number of hydrogen-bond donors (Lipinski definition) is 1. The fourth-order valence-electron chi connectivity index (χ4n) is 5.13. The average Bonchev–Trinajstić information content (AvgIpc) is 3.33. The van der Waals surface area contributed by atoms with Crippen LogP contribution in [0.4, 0.5) is 5.69 Å². The number of aryl methyl sites for hydroxylation is 2. The highest BCUT2D eigenvalue weighted by Gasteiger charge is 2.45. The van der Waals surface area contributed by atoms with E-state index in [9.17, 15) is 0 Å². The van der Waals surface area contributed by atoms with Crippen molar-refractivity contribution >= 4 is 11.4 Å². The molecule has 1 aliphatic carbocycles. The molecular formula is C31H41NO2. The SMILES string of the molecule is C=C(Nc1ccccc1C)c1ccc(Oc2cc3c(cc2C)C(C)(C)C(C)C3C(C)C)o1.CC. The van der Waals surface area contributed by atoms with E-state index in [0.29, 0.717) is 35.2 Å². The number of nitrogens with one attached hydrogen (secondary N) is 1. The van der Waals surface area contributed by atoms with Crippen LogP contribution in [-0.4, -0.2) is 0 Å². The zero-order valence-electron chi connectivity index (χ0n) is 22.4. The van der Waals surface area contributed by atoms with E-state index in [1.54, 1.807) is 0 Å². The lowest BCUT2D eigenvalue weighted by Crippen LogP contribution is -2.25. The minimum atomic E-state index is 0.157. The van der Waals surface area contributed by atoms with Crippen LogP contribution in [-0.2, 0) is 5.41 Å². The van der Waals surface area contributed by atoms with E-state index in [0.717, 1.165) is 22.6 Å². The minimum absolute atomic E-state index is 0.157. The molecule has 1 N–H and O–H groups in total. The van der Waals surface area contributed by atoms with Gasteiger partial charge in [0.2, 0.25) is 0 Å². The van der Waals surface area contributed by atoms with Crippen LogP contribution in [0.2, 0.25) is 0 Å². The minimum Gasteiger partial charge on any atom is -0.426 e. The van der Waals surface area contributed by atoms with Crippen LogP contribution in [0.25, 0.3) is 5.70 Å². The second-order valence-corrected chi connectivity index (χ2v) is 10.1. The third kappa shape index (κ3) is 4.80. The summed E-state index contributed by atoms with van der Waals surface area (Å²) >= 11 is 0. The van der Waals surface area contributed by atoms with Gasteiger partial charge in [0.25, 0.3) is 5.95 Å². The first-order valence-electron chi connectivity index (χ1n) is 12.5. The number of furan rings is 1. The Hall–Kier alpha value is -2.94. The van der Waals surface area contributed by atoms with Gasteiger partial charge in [-0.1, -0.05) is 79.3 Å². The van der Waals surface area contributed by atoms with Gasteiger partial charge in [-0.05, 0) is 77.5 Å². The number of ether oxygens (including phenoxy) is 1. The molecule has 0 saturated heterocycles. The van der Waals surface area contributed by atoms with Gasteiger partial charge >= 0.3 is 0 Å². The van der Waals surface area contributed by atoms with Crippen LogP contribution in [0.15, 0.2) is 59.5 Å². The van der Waals surface area contributed by atoms with Crippen LogP contribution in [0, 0.1) is 25.7 Å². The number of rotatable bonds is 6. The van der Waals surface area contributed by atoms with Crippen LogP contribution in [0.5, 0.6) is 11.7 Å². The van der Waals surface area contributed by atoms with Crippen molar-refractivity contribution in [2.24, 2.45) is 11.8 Å². The Labute approximate surface area is 206 Å². The van der Waals surface area contributed by atoms with Gasteiger partial charge in [0.1, 0.15) is 5.75 Å². The third-order valence-electron chi connectivity index (χ3n) is 7.32. The Balaban J connectivity index is 0.00000158. The fourth-order valence-corrected chi connectivity index (χ4v) is 5.13. The van der Waals surface area contributed by atoms with E-state index in [2.05, 4.69) is 78.6 Å². The van der Waals surface area contributed by atoms with Gasteiger partial charge in [-0.3, -0.25) is 0 Å². The molecule has 0 saturated carbocycles. The summed E-state index contributed by atoms with van der Waals surface area (Å²) in [5, 5.41) is 3.34. The molecule has 1 aliphatic rings. The lowest BCUT2D eigenvalue weighted by Gasteiger charge is -2.30. The van der Waals surface area contributed by atoms with Crippen molar-refractivity contribution in [1.82, 2.24) is 0 Å². The lowest BCUT2D eigenvalue weighted by molar-refractivity contribution is 0.285. The van der Waals surface area contributed by atoms with E-state index in [1.807, 2.05) is 44.2 Å². The first-order valence-corrected chi connectivity index (χ1v) is 12.5. The number of para-hydroxylation sites is 1. The fraction of sp³-hybridized carbons (Fsp3) is 0.419. The number of fused-ring (bicyclic) bond motifs is 1. The summed E-state index contributed by atoms with van der Waals surface area (Å²) in [5.41, 5.74) is 7.02. The maximum absolute atomic E-state index is 6.24. The molecule has 0 radical (unpaired) electrons. The van der Waals surface area contributed by atoms with Crippen molar-refractivity contribution in [1.29, 1.82) is 0 Å². The number of hydrogen-bond acceptors (Lipinski definition) is 3. The van der Waals surface area contributed by atoms with Crippen molar-refractivity contribution in [3.05, 3.63) is 83.1 Å². The molecule has 0 spiro atoms. The topological polar surface area (TPSA) is 34.4 Å². The Morgan fingerprint density at radius 3 is 2.35 bits per heavy atom.